The molecule has 0 aliphatic heterocycles. The van der Waals surface area contributed by atoms with Gasteiger partial charge in [0.05, 0.1) is 5.02 Å². The van der Waals surface area contributed by atoms with Gasteiger partial charge in [-0.3, -0.25) is 4.72 Å². The summed E-state index contributed by atoms with van der Waals surface area (Å²) in [6.45, 7) is 1.78. The summed E-state index contributed by atoms with van der Waals surface area (Å²) in [6.07, 6.45) is 0. The average molecular weight is 362 g/mol. The van der Waals surface area contributed by atoms with Crippen molar-refractivity contribution in [2.75, 3.05) is 4.72 Å². The van der Waals surface area contributed by atoms with Crippen LogP contribution >= 0.6 is 27.5 Å². The van der Waals surface area contributed by atoms with E-state index in [1.54, 1.807) is 37.3 Å². The van der Waals surface area contributed by atoms with Gasteiger partial charge >= 0.3 is 0 Å². The van der Waals surface area contributed by atoms with Crippen LogP contribution in [0.1, 0.15) is 5.69 Å². The Labute approximate surface area is 125 Å². The number of benzene rings is 1. The topological polar surface area (TPSA) is 59.1 Å². The Hall–Kier alpha value is -1.11. The molecule has 4 nitrogen and oxygen atoms in total. The lowest BCUT2D eigenvalue weighted by atomic mass is 10.4. The summed E-state index contributed by atoms with van der Waals surface area (Å²) < 4.78 is 27.4. The van der Waals surface area contributed by atoms with Crippen molar-refractivity contribution in [2.24, 2.45) is 0 Å². The summed E-state index contributed by atoms with van der Waals surface area (Å²) in [6, 6.07) is 9.88. The Morgan fingerprint density at radius 1 is 1.21 bits per heavy atom. The van der Waals surface area contributed by atoms with Crippen molar-refractivity contribution in [2.45, 2.75) is 11.8 Å². The van der Waals surface area contributed by atoms with Crippen molar-refractivity contribution in [1.29, 1.82) is 0 Å². The molecule has 100 valence electrons. The summed E-state index contributed by atoms with van der Waals surface area (Å²) in [5, 5.41) is 0.148. The summed E-state index contributed by atoms with van der Waals surface area (Å²) in [5.74, 6) is 0.256. The van der Waals surface area contributed by atoms with Crippen LogP contribution in [0, 0.1) is 6.92 Å². The number of nitrogens with one attached hydrogen (secondary N) is 1. The Balaban J connectivity index is 2.44. The molecule has 0 amide bonds. The highest BCUT2D eigenvalue weighted by Crippen LogP contribution is 2.30. The molecule has 0 spiro atoms. The standard InChI is InChI=1S/C12H10BrClN2O2S/c1-8-4-2-7-11(15-8)16-19(17,18)12-9(13)5-3-6-10(12)14/h2-7H,1H3,(H,15,16). The number of anilines is 1. The van der Waals surface area contributed by atoms with Gasteiger partial charge in [-0.1, -0.05) is 23.7 Å². The maximum Gasteiger partial charge on any atom is 0.265 e. The Bertz CT molecular complexity index is 699. The molecule has 0 atom stereocenters. The highest BCUT2D eigenvalue weighted by molar-refractivity contribution is 9.10. The molecule has 0 bridgehead atoms. The molecule has 0 fully saturated rings. The number of hydrogen-bond donors (Lipinski definition) is 1. The zero-order chi connectivity index (χ0) is 14.0. The molecule has 1 aromatic heterocycles. The van der Waals surface area contributed by atoms with E-state index in [0.717, 1.165) is 5.69 Å². The van der Waals surface area contributed by atoms with Gasteiger partial charge in [0.25, 0.3) is 10.0 Å². The largest absolute Gasteiger partial charge is 0.265 e. The zero-order valence-electron chi connectivity index (χ0n) is 9.89. The number of rotatable bonds is 3. The first-order chi connectivity index (χ1) is 8.90. The molecule has 2 rings (SSSR count). The van der Waals surface area contributed by atoms with E-state index in [-0.39, 0.29) is 15.7 Å². The lowest BCUT2D eigenvalue weighted by Gasteiger charge is -2.10. The second-order valence-electron chi connectivity index (χ2n) is 3.82. The SMILES string of the molecule is Cc1cccc(NS(=O)(=O)c2c(Cl)cccc2Br)n1. The lowest BCUT2D eigenvalue weighted by Crippen LogP contribution is -2.15. The molecule has 7 heteroatoms. The number of halogens is 2. The first-order valence-corrected chi connectivity index (χ1v) is 7.96. The van der Waals surface area contributed by atoms with Gasteiger partial charge in [0.1, 0.15) is 10.7 Å². The van der Waals surface area contributed by atoms with E-state index < -0.39 is 10.0 Å². The average Bonchev–Trinajstić information content (AvgIpc) is 2.27. The Morgan fingerprint density at radius 2 is 1.89 bits per heavy atom. The molecular weight excluding hydrogens is 352 g/mol. The monoisotopic (exact) mass is 360 g/mol. The van der Waals surface area contributed by atoms with E-state index in [4.69, 9.17) is 11.6 Å². The minimum absolute atomic E-state index is 0.0000252. The van der Waals surface area contributed by atoms with Gasteiger partial charge in [-0.25, -0.2) is 13.4 Å². The van der Waals surface area contributed by atoms with Gasteiger partial charge in [0.2, 0.25) is 0 Å². The maximum atomic E-state index is 12.3. The minimum atomic E-state index is -3.78. The molecule has 0 unspecified atom stereocenters. The molecule has 1 aromatic carbocycles. The van der Waals surface area contributed by atoms with Crippen molar-refractivity contribution in [3.05, 3.63) is 51.6 Å². The molecule has 19 heavy (non-hydrogen) atoms. The maximum absolute atomic E-state index is 12.3. The summed E-state index contributed by atoms with van der Waals surface area (Å²) >= 11 is 9.13. The Morgan fingerprint density at radius 3 is 2.53 bits per heavy atom. The molecule has 1 heterocycles. The number of sulfonamides is 1. The number of nitrogens with zero attached hydrogens (tertiary/aromatic N) is 1. The predicted molar refractivity (Wildman–Crippen MR) is 78.9 cm³/mol. The summed E-state index contributed by atoms with van der Waals surface area (Å²) in [7, 11) is -3.78. The van der Waals surface area contributed by atoms with E-state index in [9.17, 15) is 8.42 Å². The highest BCUT2D eigenvalue weighted by atomic mass is 79.9. The van der Waals surface area contributed by atoms with Crippen LogP contribution in [-0.2, 0) is 10.0 Å². The van der Waals surface area contributed by atoms with E-state index in [1.165, 1.54) is 6.07 Å². The smallest absolute Gasteiger partial charge is 0.263 e. The number of hydrogen-bond acceptors (Lipinski definition) is 3. The second kappa shape index (κ2) is 5.48. The third-order valence-corrected chi connectivity index (χ3v) is 5.12. The molecule has 0 aliphatic rings. The van der Waals surface area contributed by atoms with Crippen molar-refractivity contribution < 1.29 is 8.42 Å². The lowest BCUT2D eigenvalue weighted by molar-refractivity contribution is 0.600. The van der Waals surface area contributed by atoms with Crippen LogP contribution in [0.3, 0.4) is 0 Å². The number of aryl methyl sites for hydroxylation is 1. The number of pyridine rings is 1. The van der Waals surface area contributed by atoms with Gasteiger partial charge in [0.15, 0.2) is 0 Å². The second-order valence-corrected chi connectivity index (χ2v) is 6.70. The molecule has 1 N–H and O–H groups in total. The van der Waals surface area contributed by atoms with Crippen LogP contribution in [-0.4, -0.2) is 13.4 Å². The molecule has 0 saturated carbocycles. The minimum Gasteiger partial charge on any atom is -0.263 e. The van der Waals surface area contributed by atoms with Crippen LogP contribution in [0.15, 0.2) is 45.8 Å². The van der Waals surface area contributed by atoms with E-state index in [0.29, 0.717) is 4.47 Å². The van der Waals surface area contributed by atoms with Crippen LogP contribution in [0.25, 0.3) is 0 Å². The third-order valence-electron chi connectivity index (χ3n) is 2.31. The Kier molecular flexibility index (Phi) is 4.13. The summed E-state index contributed by atoms with van der Waals surface area (Å²) in [4.78, 5) is 4.09. The fourth-order valence-corrected chi connectivity index (χ4v) is 4.27. The fourth-order valence-electron chi connectivity index (χ4n) is 1.53. The van der Waals surface area contributed by atoms with E-state index in [1.807, 2.05) is 0 Å². The van der Waals surface area contributed by atoms with E-state index in [2.05, 4.69) is 25.6 Å². The molecule has 2 aromatic rings. The number of aromatic nitrogens is 1. The van der Waals surface area contributed by atoms with Crippen LogP contribution in [0.2, 0.25) is 5.02 Å². The fraction of sp³-hybridized carbons (Fsp3) is 0.0833. The van der Waals surface area contributed by atoms with Gasteiger partial charge in [-0.2, -0.15) is 0 Å². The highest BCUT2D eigenvalue weighted by Gasteiger charge is 2.21. The normalized spacial score (nSPS) is 11.3. The van der Waals surface area contributed by atoms with Crippen LogP contribution < -0.4 is 4.72 Å². The molecule has 0 radical (unpaired) electrons. The zero-order valence-corrected chi connectivity index (χ0v) is 13.1. The van der Waals surface area contributed by atoms with E-state index >= 15 is 0 Å². The third kappa shape index (κ3) is 3.26. The van der Waals surface area contributed by atoms with Crippen molar-refractivity contribution in [3.8, 4) is 0 Å². The van der Waals surface area contributed by atoms with Crippen molar-refractivity contribution in [3.63, 3.8) is 0 Å². The van der Waals surface area contributed by atoms with Gasteiger partial charge in [0, 0.05) is 10.2 Å². The van der Waals surface area contributed by atoms with Crippen LogP contribution in [0.5, 0.6) is 0 Å². The molecule has 0 aliphatic carbocycles. The molecular formula is C12H10BrClN2O2S. The van der Waals surface area contributed by atoms with Gasteiger partial charge in [-0.05, 0) is 47.1 Å². The quantitative estimate of drug-likeness (QED) is 0.908. The molecule has 0 saturated heterocycles. The van der Waals surface area contributed by atoms with Gasteiger partial charge in [-0.15, -0.1) is 0 Å². The summed E-state index contributed by atoms with van der Waals surface area (Å²) in [5.41, 5.74) is 0.721. The van der Waals surface area contributed by atoms with Crippen molar-refractivity contribution >= 4 is 43.4 Å². The first-order valence-electron chi connectivity index (χ1n) is 5.30. The van der Waals surface area contributed by atoms with Gasteiger partial charge < -0.3 is 0 Å². The van der Waals surface area contributed by atoms with Crippen molar-refractivity contribution in [1.82, 2.24) is 4.98 Å². The first kappa shape index (κ1) is 14.3. The van der Waals surface area contributed by atoms with Crippen LogP contribution in [0.4, 0.5) is 5.82 Å². The predicted octanol–water partition coefficient (Wildman–Crippen LogP) is 3.61.